The average Bonchev–Trinajstić information content (AvgIpc) is 2.13. The highest BCUT2D eigenvalue weighted by molar-refractivity contribution is 5.36. The second-order valence-corrected chi connectivity index (χ2v) is 2.64. The zero-order valence-corrected chi connectivity index (χ0v) is 8.41. The van der Waals surface area contributed by atoms with Crippen LogP contribution in [0.15, 0.2) is 24.3 Å². The molecule has 0 saturated carbocycles. The summed E-state index contributed by atoms with van der Waals surface area (Å²) in [6.45, 7) is 6.91. The first-order valence-corrected chi connectivity index (χ1v) is 4.29. The molecule has 2 nitrogen and oxygen atoms in total. The van der Waals surface area contributed by atoms with Gasteiger partial charge >= 0.3 is 0 Å². The Bertz CT molecular complexity index is 223. The van der Waals surface area contributed by atoms with E-state index in [2.05, 4.69) is 42.8 Å². The van der Waals surface area contributed by atoms with E-state index in [0.717, 1.165) is 0 Å². The molecule has 1 aromatic carbocycles. The van der Waals surface area contributed by atoms with E-state index in [-0.39, 0.29) is 0 Å². The van der Waals surface area contributed by atoms with Gasteiger partial charge in [-0.15, -0.1) is 0 Å². The summed E-state index contributed by atoms with van der Waals surface area (Å²) in [4.78, 5) is 9.18. The molecule has 0 radical (unpaired) electrons. The van der Waals surface area contributed by atoms with Gasteiger partial charge in [-0.2, -0.15) is 0 Å². The third-order valence-electron chi connectivity index (χ3n) is 1.66. The first-order chi connectivity index (χ1) is 6.22. The summed E-state index contributed by atoms with van der Waals surface area (Å²) < 4.78 is 4.15. The summed E-state index contributed by atoms with van der Waals surface area (Å²) in [5.74, 6) is 0. The van der Waals surface area contributed by atoms with E-state index in [9.17, 15) is 4.79 Å². The fraction of sp³-hybridized carbons (Fsp3) is 0.364. The lowest BCUT2D eigenvalue weighted by molar-refractivity contribution is -0.128. The van der Waals surface area contributed by atoms with Gasteiger partial charge in [-0.05, 0) is 31.9 Å². The van der Waals surface area contributed by atoms with Gasteiger partial charge in [0.2, 0.25) is 0 Å². The Labute approximate surface area is 79.5 Å². The predicted molar refractivity (Wildman–Crippen MR) is 53.6 cm³/mol. The smallest absolute Gasteiger partial charge is 0.293 e. The number of carbonyl (C=O) groups is 1. The van der Waals surface area contributed by atoms with Crippen molar-refractivity contribution in [2.45, 2.75) is 20.8 Å². The lowest BCUT2D eigenvalue weighted by Crippen LogP contribution is -1.80. The Kier molecular flexibility index (Phi) is 6.60. The summed E-state index contributed by atoms with van der Waals surface area (Å²) in [7, 11) is 0. The molecule has 0 unspecified atom stereocenters. The van der Waals surface area contributed by atoms with E-state index in [1.807, 2.05) is 0 Å². The normalized spacial score (nSPS) is 8.23. The number of aryl methyl sites for hydroxylation is 2. The SMILES string of the molecule is CCOC=O.Cc1ccccc1C. The zero-order chi connectivity index (χ0) is 10.1. The number of hydrogen-bond donors (Lipinski definition) is 0. The van der Waals surface area contributed by atoms with Crippen LogP contribution in [0, 0.1) is 13.8 Å². The first-order valence-electron chi connectivity index (χ1n) is 4.29. The van der Waals surface area contributed by atoms with Crippen LogP contribution in [0.4, 0.5) is 0 Å². The minimum absolute atomic E-state index is 0.431. The third kappa shape index (κ3) is 5.91. The van der Waals surface area contributed by atoms with Crippen molar-refractivity contribution in [1.29, 1.82) is 0 Å². The maximum absolute atomic E-state index is 9.18. The van der Waals surface area contributed by atoms with E-state index in [0.29, 0.717) is 13.1 Å². The molecule has 13 heavy (non-hydrogen) atoms. The van der Waals surface area contributed by atoms with E-state index in [4.69, 9.17) is 0 Å². The van der Waals surface area contributed by atoms with E-state index in [1.54, 1.807) is 6.92 Å². The van der Waals surface area contributed by atoms with Gasteiger partial charge in [-0.3, -0.25) is 4.79 Å². The van der Waals surface area contributed by atoms with Gasteiger partial charge in [0.05, 0.1) is 6.61 Å². The molecule has 0 aliphatic rings. The third-order valence-corrected chi connectivity index (χ3v) is 1.66. The molecule has 72 valence electrons. The molecule has 1 aromatic rings. The maximum atomic E-state index is 9.18. The topological polar surface area (TPSA) is 26.3 Å². The summed E-state index contributed by atoms with van der Waals surface area (Å²) in [5, 5.41) is 0. The van der Waals surface area contributed by atoms with Gasteiger partial charge in [-0.1, -0.05) is 24.3 Å². The second-order valence-electron chi connectivity index (χ2n) is 2.64. The van der Waals surface area contributed by atoms with E-state index < -0.39 is 0 Å². The molecule has 0 atom stereocenters. The van der Waals surface area contributed by atoms with Gasteiger partial charge in [-0.25, -0.2) is 0 Å². The fourth-order valence-corrected chi connectivity index (χ4v) is 0.731. The first kappa shape index (κ1) is 11.7. The number of carbonyl (C=O) groups excluding carboxylic acids is 1. The number of rotatable bonds is 2. The molecule has 0 fully saturated rings. The summed E-state index contributed by atoms with van der Waals surface area (Å²) in [6, 6.07) is 8.36. The second kappa shape index (κ2) is 7.35. The molecule has 0 aliphatic heterocycles. The highest BCUT2D eigenvalue weighted by Gasteiger charge is 1.83. The van der Waals surface area contributed by atoms with Crippen molar-refractivity contribution in [3.63, 3.8) is 0 Å². The number of hydrogen-bond acceptors (Lipinski definition) is 2. The molecule has 0 saturated heterocycles. The number of benzene rings is 1. The standard InChI is InChI=1S/C8H10.C3H6O2/c1-7-5-3-4-6-8(7)2;1-2-5-3-4/h3-6H,1-2H3;3H,2H2,1H3. The molecule has 0 aliphatic carbocycles. The predicted octanol–water partition coefficient (Wildman–Crippen LogP) is 2.48. The monoisotopic (exact) mass is 180 g/mol. The van der Waals surface area contributed by atoms with Crippen molar-refractivity contribution in [3.8, 4) is 0 Å². The Morgan fingerprint density at radius 2 is 1.69 bits per heavy atom. The van der Waals surface area contributed by atoms with Crippen molar-refractivity contribution in [2.75, 3.05) is 6.61 Å². The summed E-state index contributed by atoms with van der Waals surface area (Å²) >= 11 is 0. The molecule has 0 aromatic heterocycles. The Morgan fingerprint density at radius 3 is 1.85 bits per heavy atom. The van der Waals surface area contributed by atoms with Gasteiger partial charge < -0.3 is 4.74 Å². The van der Waals surface area contributed by atoms with Crippen molar-refractivity contribution < 1.29 is 9.53 Å². The Hall–Kier alpha value is -1.31. The van der Waals surface area contributed by atoms with Crippen molar-refractivity contribution in [2.24, 2.45) is 0 Å². The molecule has 2 heteroatoms. The highest BCUT2D eigenvalue weighted by Crippen LogP contribution is 2.02. The largest absolute Gasteiger partial charge is 0.468 e. The Morgan fingerprint density at radius 1 is 1.23 bits per heavy atom. The minimum atomic E-state index is 0.431. The molecule has 0 N–H and O–H groups in total. The maximum Gasteiger partial charge on any atom is 0.293 e. The van der Waals surface area contributed by atoms with Crippen molar-refractivity contribution in [1.82, 2.24) is 0 Å². The van der Waals surface area contributed by atoms with Crippen LogP contribution in [-0.4, -0.2) is 13.1 Å². The molecule has 0 amide bonds. The molecular weight excluding hydrogens is 164 g/mol. The van der Waals surface area contributed by atoms with Gasteiger partial charge in [0.15, 0.2) is 0 Å². The van der Waals surface area contributed by atoms with Gasteiger partial charge in [0, 0.05) is 0 Å². The van der Waals surface area contributed by atoms with Crippen LogP contribution in [0.2, 0.25) is 0 Å². The molecule has 1 rings (SSSR count). The fourth-order valence-electron chi connectivity index (χ4n) is 0.731. The van der Waals surface area contributed by atoms with E-state index in [1.165, 1.54) is 11.1 Å². The summed E-state index contributed by atoms with van der Waals surface area (Å²) in [6.07, 6.45) is 0. The molecular formula is C11H16O2. The quantitative estimate of drug-likeness (QED) is 0.653. The van der Waals surface area contributed by atoms with Gasteiger partial charge in [0.25, 0.3) is 6.47 Å². The lowest BCUT2D eigenvalue weighted by Gasteiger charge is -1.93. The summed E-state index contributed by atoms with van der Waals surface area (Å²) in [5.41, 5.74) is 2.74. The van der Waals surface area contributed by atoms with Crippen molar-refractivity contribution >= 4 is 6.47 Å². The lowest BCUT2D eigenvalue weighted by atomic mass is 10.1. The van der Waals surface area contributed by atoms with Crippen LogP contribution in [0.25, 0.3) is 0 Å². The highest BCUT2D eigenvalue weighted by atomic mass is 16.5. The Balaban J connectivity index is 0.000000252. The van der Waals surface area contributed by atoms with Crippen LogP contribution in [0.1, 0.15) is 18.1 Å². The molecule has 0 bridgehead atoms. The molecule has 0 heterocycles. The van der Waals surface area contributed by atoms with E-state index >= 15 is 0 Å². The van der Waals surface area contributed by atoms with Gasteiger partial charge in [0.1, 0.15) is 0 Å². The minimum Gasteiger partial charge on any atom is -0.468 e. The van der Waals surface area contributed by atoms with Crippen molar-refractivity contribution in [3.05, 3.63) is 35.4 Å². The zero-order valence-electron chi connectivity index (χ0n) is 8.41. The van der Waals surface area contributed by atoms with Crippen LogP contribution in [0.5, 0.6) is 0 Å². The van der Waals surface area contributed by atoms with Crippen LogP contribution in [0.3, 0.4) is 0 Å². The number of ether oxygens (including phenoxy) is 1. The van der Waals surface area contributed by atoms with Crippen LogP contribution < -0.4 is 0 Å². The van der Waals surface area contributed by atoms with Crippen LogP contribution >= 0.6 is 0 Å². The van der Waals surface area contributed by atoms with Crippen LogP contribution in [-0.2, 0) is 9.53 Å². The molecule has 0 spiro atoms. The average molecular weight is 180 g/mol.